The van der Waals surface area contributed by atoms with Crippen LogP contribution in [-0.4, -0.2) is 48.7 Å². The van der Waals surface area contributed by atoms with Crippen LogP contribution in [0.25, 0.3) is 10.2 Å². The number of amides is 2. The number of anilines is 1. The number of nitrogens with one attached hydrogen (secondary N) is 3. The molecule has 1 aliphatic rings. The molecule has 4 rings (SSSR count). The van der Waals surface area contributed by atoms with Crippen molar-refractivity contribution in [2.75, 3.05) is 12.4 Å². The van der Waals surface area contributed by atoms with E-state index in [4.69, 9.17) is 5.26 Å². The van der Waals surface area contributed by atoms with Gasteiger partial charge in [0.2, 0.25) is 11.8 Å². The maximum Gasteiger partial charge on any atom is 0.280 e. The number of benzene rings is 2. The van der Waals surface area contributed by atoms with E-state index in [0.29, 0.717) is 5.01 Å². The molecule has 2 aromatic carbocycles. The summed E-state index contributed by atoms with van der Waals surface area (Å²) in [6, 6.07) is 10.2. The first-order valence-corrected chi connectivity index (χ1v) is 12.3. The fourth-order valence-electron chi connectivity index (χ4n) is 3.48. The summed E-state index contributed by atoms with van der Waals surface area (Å²) in [7, 11) is -2.91. The van der Waals surface area contributed by atoms with E-state index in [1.807, 2.05) is 24.3 Å². The molecule has 3 N–H and O–H groups in total. The quantitative estimate of drug-likeness (QED) is 0.482. The van der Waals surface area contributed by atoms with Crippen molar-refractivity contribution in [3.63, 3.8) is 0 Å². The predicted octanol–water partition coefficient (Wildman–Crippen LogP) is 1.47. The standard InChI is InChI=1S/C21H19FN6O4S2/c1-28-17(21(30)25-13-6-7-14(22)12(8-13)10-23)9-16(27-34(28,31)32)20(29)24-11-19-26-15-4-2-3-5-18(15)33-19/h2-8,16-17,27H,9,11H2,1H3,(H,24,29)(H,25,30). The zero-order valence-corrected chi connectivity index (χ0v) is 19.4. The van der Waals surface area contributed by atoms with Crippen LogP contribution >= 0.6 is 11.3 Å². The van der Waals surface area contributed by atoms with E-state index in [0.717, 1.165) is 26.7 Å². The molecule has 1 saturated heterocycles. The van der Waals surface area contributed by atoms with Gasteiger partial charge in [0.1, 0.15) is 29.0 Å². The number of carbonyl (C=O) groups excluding carboxylic acids is 2. The molecule has 1 aliphatic heterocycles. The van der Waals surface area contributed by atoms with E-state index < -0.39 is 39.9 Å². The highest BCUT2D eigenvalue weighted by Gasteiger charge is 2.42. The number of rotatable bonds is 5. The Labute approximate surface area is 198 Å². The topological polar surface area (TPSA) is 144 Å². The van der Waals surface area contributed by atoms with E-state index in [1.165, 1.54) is 24.5 Å². The number of fused-ring (bicyclic) bond motifs is 1. The van der Waals surface area contributed by atoms with Crippen molar-refractivity contribution >= 4 is 49.3 Å². The third kappa shape index (κ3) is 4.90. The van der Waals surface area contributed by atoms with Crippen molar-refractivity contribution in [2.24, 2.45) is 0 Å². The number of nitrogens with zero attached hydrogens (tertiary/aromatic N) is 3. The lowest BCUT2D eigenvalue weighted by Crippen LogP contribution is -2.62. The van der Waals surface area contributed by atoms with E-state index in [9.17, 15) is 22.4 Å². The van der Waals surface area contributed by atoms with E-state index >= 15 is 0 Å². The lowest BCUT2D eigenvalue weighted by molar-refractivity contribution is -0.124. The van der Waals surface area contributed by atoms with Gasteiger partial charge < -0.3 is 10.6 Å². The number of halogens is 1. The zero-order valence-electron chi connectivity index (χ0n) is 17.8. The Hall–Kier alpha value is -3.44. The summed E-state index contributed by atoms with van der Waals surface area (Å²) < 4.78 is 42.7. The number of likely N-dealkylation sites (N-methyl/N-ethyl adjacent to an activating group) is 1. The normalized spacial score (nSPS) is 19.9. The molecule has 0 bridgehead atoms. The average molecular weight is 503 g/mol. The van der Waals surface area contributed by atoms with Gasteiger partial charge in [-0.15, -0.1) is 11.3 Å². The van der Waals surface area contributed by atoms with Crippen molar-refractivity contribution in [1.29, 1.82) is 5.26 Å². The Morgan fingerprint density at radius 1 is 1.29 bits per heavy atom. The Kier molecular flexibility index (Phi) is 6.58. The number of hydrogen-bond donors (Lipinski definition) is 3. The zero-order chi connectivity index (χ0) is 24.5. The summed E-state index contributed by atoms with van der Waals surface area (Å²) in [6.07, 6.45) is -0.139. The number of aromatic nitrogens is 1. The SMILES string of the molecule is CN1C(C(=O)Nc2ccc(F)c(C#N)c2)CC(C(=O)NCc2nc3ccccc3s2)NS1(=O)=O. The summed E-state index contributed by atoms with van der Waals surface area (Å²) in [5.74, 6) is -2.05. The van der Waals surface area contributed by atoms with Gasteiger partial charge in [-0.3, -0.25) is 9.59 Å². The molecule has 2 unspecified atom stereocenters. The van der Waals surface area contributed by atoms with Gasteiger partial charge in [-0.05, 0) is 36.8 Å². The molecule has 2 heterocycles. The molecule has 10 nitrogen and oxygen atoms in total. The van der Waals surface area contributed by atoms with Crippen molar-refractivity contribution in [3.05, 3.63) is 58.9 Å². The summed E-state index contributed by atoms with van der Waals surface area (Å²) in [5, 5.41) is 14.8. The second kappa shape index (κ2) is 9.43. The molecule has 13 heteroatoms. The number of thiazole rings is 1. The van der Waals surface area contributed by atoms with E-state index in [-0.39, 0.29) is 24.2 Å². The molecule has 2 atom stereocenters. The molecule has 2 amide bonds. The Bertz CT molecular complexity index is 1390. The number of carbonyl (C=O) groups is 2. The molecule has 1 fully saturated rings. The van der Waals surface area contributed by atoms with Gasteiger partial charge in [-0.1, -0.05) is 12.1 Å². The summed E-state index contributed by atoms with van der Waals surface area (Å²) in [4.78, 5) is 30.0. The van der Waals surface area contributed by atoms with Crippen LogP contribution in [0.5, 0.6) is 0 Å². The van der Waals surface area contributed by atoms with Crippen LogP contribution in [0, 0.1) is 17.1 Å². The van der Waals surface area contributed by atoms with Crippen LogP contribution in [0.2, 0.25) is 0 Å². The highest BCUT2D eigenvalue weighted by molar-refractivity contribution is 7.87. The van der Waals surface area contributed by atoms with Crippen LogP contribution in [0.4, 0.5) is 10.1 Å². The van der Waals surface area contributed by atoms with Gasteiger partial charge in [0.25, 0.3) is 10.2 Å². The second-order valence-corrected chi connectivity index (χ2v) is 10.4. The van der Waals surface area contributed by atoms with Crippen LogP contribution in [0.3, 0.4) is 0 Å². The molecule has 176 valence electrons. The smallest absolute Gasteiger partial charge is 0.280 e. The number of hydrogen-bond acceptors (Lipinski definition) is 7. The average Bonchev–Trinajstić information content (AvgIpc) is 3.23. The number of nitriles is 1. The van der Waals surface area contributed by atoms with Crippen LogP contribution in [0.15, 0.2) is 42.5 Å². The van der Waals surface area contributed by atoms with Gasteiger partial charge in [0.15, 0.2) is 0 Å². The molecular formula is C21H19FN6O4S2. The minimum Gasteiger partial charge on any atom is -0.348 e. The molecular weight excluding hydrogens is 483 g/mol. The Balaban J connectivity index is 1.46. The predicted molar refractivity (Wildman–Crippen MR) is 123 cm³/mol. The fourth-order valence-corrected chi connectivity index (χ4v) is 5.63. The van der Waals surface area contributed by atoms with Crippen molar-refractivity contribution in [1.82, 2.24) is 19.3 Å². The van der Waals surface area contributed by atoms with E-state index in [1.54, 1.807) is 6.07 Å². The van der Waals surface area contributed by atoms with Crippen LogP contribution < -0.4 is 15.4 Å². The van der Waals surface area contributed by atoms with Crippen LogP contribution in [-0.2, 0) is 26.3 Å². The lowest BCUT2D eigenvalue weighted by Gasteiger charge is -2.35. The molecule has 3 aromatic rings. The molecule has 0 radical (unpaired) electrons. The molecule has 0 aliphatic carbocycles. The second-order valence-electron chi connectivity index (χ2n) is 7.53. The van der Waals surface area contributed by atoms with Gasteiger partial charge >= 0.3 is 0 Å². The van der Waals surface area contributed by atoms with Gasteiger partial charge in [0, 0.05) is 12.7 Å². The molecule has 0 saturated carbocycles. The summed E-state index contributed by atoms with van der Waals surface area (Å²) >= 11 is 1.41. The van der Waals surface area contributed by atoms with Gasteiger partial charge in [0.05, 0.1) is 22.3 Å². The third-order valence-corrected chi connectivity index (χ3v) is 7.93. The molecule has 34 heavy (non-hydrogen) atoms. The van der Waals surface area contributed by atoms with Crippen molar-refractivity contribution < 1.29 is 22.4 Å². The maximum atomic E-state index is 13.5. The van der Waals surface area contributed by atoms with Crippen molar-refractivity contribution in [2.45, 2.75) is 25.0 Å². The third-order valence-electron chi connectivity index (χ3n) is 5.29. The monoisotopic (exact) mass is 502 g/mol. The van der Waals surface area contributed by atoms with Crippen molar-refractivity contribution in [3.8, 4) is 6.07 Å². The fraction of sp³-hybridized carbons (Fsp3) is 0.238. The van der Waals surface area contributed by atoms with Gasteiger partial charge in [-0.25, -0.2) is 9.37 Å². The Morgan fingerprint density at radius 3 is 2.79 bits per heavy atom. The molecule has 0 spiro atoms. The summed E-state index contributed by atoms with van der Waals surface area (Å²) in [5.41, 5.74) is 0.661. The lowest BCUT2D eigenvalue weighted by atomic mass is 10.1. The first kappa shape index (κ1) is 23.7. The largest absolute Gasteiger partial charge is 0.348 e. The first-order chi connectivity index (χ1) is 16.2. The summed E-state index contributed by atoms with van der Waals surface area (Å²) in [6.45, 7) is 0.107. The first-order valence-electron chi connectivity index (χ1n) is 10.1. The maximum absolute atomic E-state index is 13.5. The minimum absolute atomic E-state index is 0.107. The highest BCUT2D eigenvalue weighted by atomic mass is 32.2. The minimum atomic E-state index is -4.13. The van der Waals surface area contributed by atoms with Crippen LogP contribution in [0.1, 0.15) is 17.0 Å². The Morgan fingerprint density at radius 2 is 2.06 bits per heavy atom. The number of para-hydroxylation sites is 1. The van der Waals surface area contributed by atoms with Gasteiger partial charge in [-0.2, -0.15) is 22.7 Å². The van der Waals surface area contributed by atoms with E-state index in [2.05, 4.69) is 20.3 Å². The molecule has 1 aromatic heterocycles. The highest BCUT2D eigenvalue weighted by Crippen LogP contribution is 2.23.